The van der Waals surface area contributed by atoms with Crippen molar-refractivity contribution in [1.29, 1.82) is 0 Å². The minimum absolute atomic E-state index is 0.0221. The Morgan fingerprint density at radius 2 is 2.24 bits per heavy atom. The molecule has 0 fully saturated rings. The topological polar surface area (TPSA) is 44.9 Å². The van der Waals surface area contributed by atoms with Crippen LogP contribution in [-0.2, 0) is 12.7 Å². The summed E-state index contributed by atoms with van der Waals surface area (Å²) >= 11 is 0. The zero-order valence-electron chi connectivity index (χ0n) is 9.55. The maximum atomic E-state index is 12.0. The van der Waals surface area contributed by atoms with Crippen LogP contribution in [0.5, 0.6) is 0 Å². The van der Waals surface area contributed by atoms with Crippen LogP contribution in [-0.4, -0.2) is 19.4 Å². The molecule has 1 aromatic heterocycles. The lowest BCUT2D eigenvalue weighted by Gasteiger charge is -2.19. The predicted octanol–water partition coefficient (Wildman–Crippen LogP) is 1.55. The normalized spacial score (nSPS) is 14.4. The van der Waals surface area contributed by atoms with Gasteiger partial charge in [0.1, 0.15) is 0 Å². The molecule has 2 N–H and O–H groups in total. The summed E-state index contributed by atoms with van der Waals surface area (Å²) in [6, 6.07) is 6.00. The summed E-state index contributed by atoms with van der Waals surface area (Å²) < 4.78 is 0. The predicted molar refractivity (Wildman–Crippen MR) is 70.8 cm³/mol. The van der Waals surface area contributed by atoms with E-state index in [-0.39, 0.29) is 5.56 Å². The number of aromatic nitrogens is 1. The number of anilines is 1. The highest BCUT2D eigenvalue weighted by molar-refractivity contribution is 6.08. The third-order valence-corrected chi connectivity index (χ3v) is 3.32. The van der Waals surface area contributed by atoms with Crippen molar-refractivity contribution in [1.82, 2.24) is 4.98 Å². The molecule has 0 unspecified atom stereocenters. The van der Waals surface area contributed by atoms with Crippen LogP contribution in [0.1, 0.15) is 17.5 Å². The third-order valence-electron chi connectivity index (χ3n) is 3.32. The van der Waals surface area contributed by atoms with E-state index < -0.39 is 0 Å². The average Bonchev–Trinajstić information content (AvgIpc) is 2.38. The number of hydrogen-bond donors (Lipinski definition) is 2. The summed E-state index contributed by atoms with van der Waals surface area (Å²) in [5, 5.41) is 4.41. The lowest BCUT2D eigenvalue weighted by atomic mass is 9.94. The van der Waals surface area contributed by atoms with Crippen LogP contribution in [0.4, 0.5) is 5.69 Å². The van der Waals surface area contributed by atoms with E-state index in [9.17, 15) is 4.79 Å². The lowest BCUT2D eigenvalue weighted by molar-refractivity contribution is 0.820. The number of hydrogen-bond acceptors (Lipinski definition) is 2. The molecular weight excluding hydrogens is 211 g/mol. The van der Waals surface area contributed by atoms with Gasteiger partial charge in [0, 0.05) is 17.5 Å². The highest BCUT2D eigenvalue weighted by Gasteiger charge is 2.15. The number of aromatic amines is 1. The first-order valence-corrected chi connectivity index (χ1v) is 5.91. The second-order valence-electron chi connectivity index (χ2n) is 4.42. The van der Waals surface area contributed by atoms with Gasteiger partial charge >= 0.3 is 0 Å². The number of H-pyrrole nitrogens is 1. The van der Waals surface area contributed by atoms with Gasteiger partial charge in [-0.1, -0.05) is 24.0 Å². The van der Waals surface area contributed by atoms with Crippen molar-refractivity contribution < 1.29 is 0 Å². The summed E-state index contributed by atoms with van der Waals surface area (Å²) in [6.45, 7) is 0.935. The fourth-order valence-corrected chi connectivity index (χ4v) is 2.43. The van der Waals surface area contributed by atoms with E-state index in [0.29, 0.717) is 6.32 Å². The number of nitrogens with one attached hydrogen (secondary N) is 2. The summed E-state index contributed by atoms with van der Waals surface area (Å²) in [4.78, 5) is 14.9. The van der Waals surface area contributed by atoms with E-state index in [1.165, 1.54) is 0 Å². The Balaban J connectivity index is 2.34. The first-order valence-electron chi connectivity index (χ1n) is 5.91. The Labute approximate surface area is 101 Å². The maximum absolute atomic E-state index is 12.0. The Bertz CT molecular complexity index is 633. The first-order chi connectivity index (χ1) is 8.29. The van der Waals surface area contributed by atoms with Gasteiger partial charge in [-0.3, -0.25) is 4.79 Å². The molecule has 1 aliphatic rings. The van der Waals surface area contributed by atoms with E-state index in [1.54, 1.807) is 0 Å². The number of pyridine rings is 1. The van der Waals surface area contributed by atoms with Gasteiger partial charge in [-0.15, -0.1) is 0 Å². The molecular formula is C13H13BN2O. The zero-order chi connectivity index (χ0) is 11.8. The van der Waals surface area contributed by atoms with Crippen molar-refractivity contribution in [2.45, 2.75) is 19.2 Å². The fraction of sp³-hybridized carbons (Fsp3) is 0.308. The van der Waals surface area contributed by atoms with Crippen LogP contribution in [0.25, 0.3) is 10.9 Å². The molecule has 1 aromatic carbocycles. The van der Waals surface area contributed by atoms with Gasteiger partial charge < -0.3 is 10.3 Å². The minimum atomic E-state index is 0.0221. The molecule has 2 radical (unpaired) electrons. The number of fused-ring (bicyclic) bond motifs is 3. The van der Waals surface area contributed by atoms with Crippen LogP contribution in [0.3, 0.4) is 0 Å². The Morgan fingerprint density at radius 1 is 1.35 bits per heavy atom. The summed E-state index contributed by atoms with van der Waals surface area (Å²) in [5.74, 6) is 0. The molecule has 0 amide bonds. The lowest BCUT2D eigenvalue weighted by Crippen LogP contribution is -2.22. The van der Waals surface area contributed by atoms with E-state index in [4.69, 9.17) is 7.85 Å². The fourth-order valence-electron chi connectivity index (χ4n) is 2.43. The number of rotatable bonds is 1. The van der Waals surface area contributed by atoms with Gasteiger partial charge in [0.2, 0.25) is 0 Å². The monoisotopic (exact) mass is 224 g/mol. The van der Waals surface area contributed by atoms with E-state index in [2.05, 4.69) is 10.3 Å². The molecule has 0 saturated heterocycles. The molecule has 2 heterocycles. The molecule has 4 heteroatoms. The maximum Gasteiger partial charge on any atom is 0.253 e. The second-order valence-corrected chi connectivity index (χ2v) is 4.42. The van der Waals surface area contributed by atoms with Crippen molar-refractivity contribution in [2.75, 3.05) is 11.9 Å². The van der Waals surface area contributed by atoms with E-state index >= 15 is 0 Å². The van der Waals surface area contributed by atoms with Crippen LogP contribution >= 0.6 is 0 Å². The van der Waals surface area contributed by atoms with Crippen LogP contribution in [0.2, 0.25) is 0 Å². The second kappa shape index (κ2) is 3.95. The standard InChI is InChI=1S/C13H13BN2O/c14-7-8-3-4-9-11(6-8)16-13(17)10-2-1-5-15-12(9)10/h3-4,6,15H,1-2,5,7H2,(H,16,17). The highest BCUT2D eigenvalue weighted by Crippen LogP contribution is 2.27. The quantitative estimate of drug-likeness (QED) is 0.722. The van der Waals surface area contributed by atoms with Crippen molar-refractivity contribution in [3.05, 3.63) is 39.7 Å². The Kier molecular flexibility index (Phi) is 2.43. The molecule has 84 valence electrons. The highest BCUT2D eigenvalue weighted by atomic mass is 16.1. The molecule has 17 heavy (non-hydrogen) atoms. The van der Waals surface area contributed by atoms with Crippen molar-refractivity contribution in [2.24, 2.45) is 0 Å². The van der Waals surface area contributed by atoms with Gasteiger partial charge in [-0.05, 0) is 18.9 Å². The van der Waals surface area contributed by atoms with Crippen LogP contribution in [0.15, 0.2) is 23.0 Å². The van der Waals surface area contributed by atoms with Crippen molar-refractivity contribution in [3.63, 3.8) is 0 Å². The van der Waals surface area contributed by atoms with E-state index in [1.807, 2.05) is 18.2 Å². The smallest absolute Gasteiger partial charge is 0.253 e. The minimum Gasteiger partial charge on any atom is -0.384 e. The molecule has 0 saturated carbocycles. The van der Waals surface area contributed by atoms with E-state index in [0.717, 1.165) is 47.1 Å². The molecule has 1 aliphatic heterocycles. The Morgan fingerprint density at radius 3 is 3.06 bits per heavy atom. The SMILES string of the molecule is [B]Cc1ccc2c3c(c(=O)[nH]c2c1)CCCN3. The van der Waals surface area contributed by atoms with Gasteiger partial charge in [0.25, 0.3) is 5.56 Å². The molecule has 0 atom stereocenters. The molecule has 3 rings (SSSR count). The molecule has 2 aromatic rings. The van der Waals surface area contributed by atoms with Gasteiger partial charge in [-0.2, -0.15) is 0 Å². The van der Waals surface area contributed by atoms with Crippen molar-refractivity contribution >= 4 is 24.4 Å². The molecule has 0 aliphatic carbocycles. The largest absolute Gasteiger partial charge is 0.384 e. The molecule has 0 bridgehead atoms. The Hall–Kier alpha value is -1.71. The summed E-state index contributed by atoms with van der Waals surface area (Å²) in [5.41, 5.74) is 3.80. The van der Waals surface area contributed by atoms with Gasteiger partial charge in [0.15, 0.2) is 0 Å². The van der Waals surface area contributed by atoms with Crippen molar-refractivity contribution in [3.8, 4) is 0 Å². The molecule has 3 nitrogen and oxygen atoms in total. The molecule has 0 spiro atoms. The summed E-state index contributed by atoms with van der Waals surface area (Å²) in [7, 11) is 5.61. The summed E-state index contributed by atoms with van der Waals surface area (Å²) in [6.07, 6.45) is 2.36. The van der Waals surface area contributed by atoms with Crippen LogP contribution < -0.4 is 10.9 Å². The number of benzene rings is 1. The first kappa shape index (κ1) is 10.4. The average molecular weight is 224 g/mol. The van der Waals surface area contributed by atoms with Crippen LogP contribution in [0, 0.1) is 0 Å². The zero-order valence-corrected chi connectivity index (χ0v) is 9.55. The van der Waals surface area contributed by atoms with Gasteiger partial charge in [-0.25, -0.2) is 0 Å². The van der Waals surface area contributed by atoms with Gasteiger partial charge in [0.05, 0.1) is 19.1 Å². The third kappa shape index (κ3) is 1.64.